The Bertz CT molecular complexity index is 640. The summed E-state index contributed by atoms with van der Waals surface area (Å²) in [5.41, 5.74) is 1.02. The van der Waals surface area contributed by atoms with Gasteiger partial charge in [-0.15, -0.1) is 0 Å². The van der Waals surface area contributed by atoms with Gasteiger partial charge in [-0.25, -0.2) is 12.8 Å². The van der Waals surface area contributed by atoms with E-state index < -0.39 is 9.84 Å². The van der Waals surface area contributed by atoms with Gasteiger partial charge in [0, 0.05) is 18.8 Å². The molecular weight excluding hydrogens is 301 g/mol. The van der Waals surface area contributed by atoms with Crippen molar-refractivity contribution in [2.24, 2.45) is 5.41 Å². The Morgan fingerprint density at radius 3 is 2.77 bits per heavy atom. The van der Waals surface area contributed by atoms with E-state index in [0.717, 1.165) is 50.8 Å². The van der Waals surface area contributed by atoms with Crippen molar-refractivity contribution >= 4 is 9.84 Å². The molecule has 1 unspecified atom stereocenters. The Morgan fingerprint density at radius 2 is 2.14 bits per heavy atom. The number of likely N-dealkylation sites (tertiary alicyclic amines) is 1. The van der Waals surface area contributed by atoms with E-state index in [1.807, 2.05) is 6.07 Å². The molecule has 3 nitrogen and oxygen atoms in total. The van der Waals surface area contributed by atoms with Crippen LogP contribution in [0.2, 0.25) is 0 Å². The van der Waals surface area contributed by atoms with E-state index in [-0.39, 0.29) is 11.2 Å². The number of nitrogens with zero attached hydrogens (tertiary/aromatic N) is 1. The summed E-state index contributed by atoms with van der Waals surface area (Å²) in [6.45, 7) is 1.91. The molecule has 1 aliphatic carbocycles. The van der Waals surface area contributed by atoms with Gasteiger partial charge < -0.3 is 0 Å². The van der Waals surface area contributed by atoms with Crippen molar-refractivity contribution < 1.29 is 12.8 Å². The van der Waals surface area contributed by atoms with Gasteiger partial charge in [0.2, 0.25) is 0 Å². The first-order chi connectivity index (χ1) is 10.4. The third-order valence-electron chi connectivity index (χ3n) is 4.92. The number of hydrogen-bond acceptors (Lipinski definition) is 3. The number of halogens is 1. The first-order valence-corrected chi connectivity index (χ1v) is 10.1. The molecular formula is C17H24FNO2S. The normalized spacial score (nSPS) is 24.5. The molecule has 1 saturated carbocycles. The van der Waals surface area contributed by atoms with Crippen LogP contribution in [0.1, 0.15) is 31.2 Å². The van der Waals surface area contributed by atoms with E-state index in [9.17, 15) is 12.8 Å². The fourth-order valence-corrected chi connectivity index (χ4v) is 5.27. The van der Waals surface area contributed by atoms with Crippen LogP contribution >= 0.6 is 0 Å². The minimum absolute atomic E-state index is 0.0158. The van der Waals surface area contributed by atoms with Crippen LogP contribution in [0.15, 0.2) is 24.3 Å². The second-order valence-electron chi connectivity index (χ2n) is 7.17. The number of hydrogen-bond donors (Lipinski definition) is 0. The third-order valence-corrected chi connectivity index (χ3v) is 6.06. The molecule has 1 aliphatic heterocycles. The summed E-state index contributed by atoms with van der Waals surface area (Å²) >= 11 is 0. The van der Waals surface area contributed by atoms with Crippen molar-refractivity contribution in [2.45, 2.75) is 38.1 Å². The van der Waals surface area contributed by atoms with Crippen molar-refractivity contribution in [1.82, 2.24) is 4.90 Å². The SMILES string of the molecule is CS(=O)(=O)CC1(CN2CCCC2Cc2cccc(F)c2)CC1. The smallest absolute Gasteiger partial charge is 0.148 e. The van der Waals surface area contributed by atoms with Crippen LogP contribution in [0.4, 0.5) is 4.39 Å². The van der Waals surface area contributed by atoms with Crippen LogP contribution in [0.3, 0.4) is 0 Å². The highest BCUT2D eigenvalue weighted by Gasteiger charge is 2.47. The lowest BCUT2D eigenvalue weighted by atomic mass is 10.0. The van der Waals surface area contributed by atoms with Crippen LogP contribution in [-0.4, -0.2) is 44.5 Å². The lowest BCUT2D eigenvalue weighted by Gasteiger charge is -2.29. The minimum Gasteiger partial charge on any atom is -0.299 e. The van der Waals surface area contributed by atoms with Gasteiger partial charge in [-0.05, 0) is 61.8 Å². The van der Waals surface area contributed by atoms with Crippen molar-refractivity contribution in [3.63, 3.8) is 0 Å². The zero-order chi connectivity index (χ0) is 15.8. The van der Waals surface area contributed by atoms with E-state index in [2.05, 4.69) is 4.90 Å². The molecule has 1 heterocycles. The summed E-state index contributed by atoms with van der Waals surface area (Å²) in [5.74, 6) is 0.126. The molecule has 1 saturated heterocycles. The third kappa shape index (κ3) is 4.07. The molecule has 3 rings (SSSR count). The molecule has 2 aliphatic rings. The van der Waals surface area contributed by atoms with Crippen LogP contribution in [0, 0.1) is 11.2 Å². The molecule has 0 amide bonds. The van der Waals surface area contributed by atoms with Crippen molar-refractivity contribution in [3.8, 4) is 0 Å². The molecule has 122 valence electrons. The van der Waals surface area contributed by atoms with Gasteiger partial charge in [-0.2, -0.15) is 0 Å². The average Bonchev–Trinajstić information content (AvgIpc) is 2.99. The van der Waals surface area contributed by atoms with Crippen LogP contribution in [-0.2, 0) is 16.3 Å². The molecule has 1 atom stereocenters. The topological polar surface area (TPSA) is 37.4 Å². The predicted octanol–water partition coefficient (Wildman–Crippen LogP) is 2.66. The number of benzene rings is 1. The molecule has 2 fully saturated rings. The maximum Gasteiger partial charge on any atom is 0.148 e. The van der Waals surface area contributed by atoms with E-state index >= 15 is 0 Å². The van der Waals surface area contributed by atoms with Crippen LogP contribution in [0.25, 0.3) is 0 Å². The average molecular weight is 325 g/mol. The summed E-state index contributed by atoms with van der Waals surface area (Å²) in [4.78, 5) is 2.43. The summed E-state index contributed by atoms with van der Waals surface area (Å²) < 4.78 is 36.5. The van der Waals surface area contributed by atoms with Gasteiger partial charge in [0.1, 0.15) is 15.7 Å². The monoisotopic (exact) mass is 325 g/mol. The minimum atomic E-state index is -2.92. The number of rotatable bonds is 6. The maximum atomic E-state index is 13.3. The summed E-state index contributed by atoms with van der Waals surface area (Å²) in [6.07, 6.45) is 6.49. The second kappa shape index (κ2) is 5.93. The van der Waals surface area contributed by atoms with Gasteiger partial charge in [-0.1, -0.05) is 12.1 Å². The molecule has 0 aromatic heterocycles. The lowest BCUT2D eigenvalue weighted by Crippen LogP contribution is -2.38. The molecule has 22 heavy (non-hydrogen) atoms. The van der Waals surface area contributed by atoms with Crippen molar-refractivity contribution in [2.75, 3.05) is 25.1 Å². The Kier molecular flexibility index (Phi) is 4.29. The van der Waals surface area contributed by atoms with Gasteiger partial charge in [0.05, 0.1) is 5.75 Å². The zero-order valence-electron chi connectivity index (χ0n) is 13.1. The Balaban J connectivity index is 1.64. The molecule has 5 heteroatoms. The Hall–Kier alpha value is -0.940. The molecule has 1 aromatic carbocycles. The van der Waals surface area contributed by atoms with Gasteiger partial charge >= 0.3 is 0 Å². The largest absolute Gasteiger partial charge is 0.299 e. The van der Waals surface area contributed by atoms with E-state index in [1.165, 1.54) is 12.3 Å². The molecule has 0 N–H and O–H groups in total. The van der Waals surface area contributed by atoms with E-state index in [4.69, 9.17) is 0 Å². The Labute approximate surface area is 132 Å². The summed E-state index contributed by atoms with van der Waals surface area (Å²) in [6, 6.07) is 7.24. The maximum absolute atomic E-state index is 13.3. The fraction of sp³-hybridized carbons (Fsp3) is 0.647. The lowest BCUT2D eigenvalue weighted by molar-refractivity contribution is 0.211. The number of sulfone groups is 1. The van der Waals surface area contributed by atoms with Gasteiger partial charge in [-0.3, -0.25) is 4.90 Å². The molecule has 0 spiro atoms. The standard InChI is InChI=1S/C17H24FNO2S/c1-22(20,21)13-17(7-8-17)12-19-9-3-6-16(19)11-14-4-2-5-15(18)10-14/h2,4-5,10,16H,3,6-9,11-13H2,1H3. The van der Waals surface area contributed by atoms with Crippen molar-refractivity contribution in [3.05, 3.63) is 35.6 Å². The van der Waals surface area contributed by atoms with Crippen molar-refractivity contribution in [1.29, 1.82) is 0 Å². The predicted molar refractivity (Wildman–Crippen MR) is 86.1 cm³/mol. The van der Waals surface area contributed by atoms with E-state index in [0.29, 0.717) is 11.8 Å². The van der Waals surface area contributed by atoms with Gasteiger partial charge in [0.15, 0.2) is 0 Å². The molecule has 0 radical (unpaired) electrons. The van der Waals surface area contributed by atoms with Crippen LogP contribution < -0.4 is 0 Å². The highest BCUT2D eigenvalue weighted by molar-refractivity contribution is 7.90. The highest BCUT2D eigenvalue weighted by atomic mass is 32.2. The van der Waals surface area contributed by atoms with Gasteiger partial charge in [0.25, 0.3) is 0 Å². The molecule has 1 aromatic rings. The summed E-state index contributed by atoms with van der Waals surface area (Å²) in [7, 11) is -2.92. The first-order valence-electron chi connectivity index (χ1n) is 8.02. The Morgan fingerprint density at radius 1 is 1.36 bits per heavy atom. The first kappa shape index (κ1) is 15.9. The quantitative estimate of drug-likeness (QED) is 0.807. The highest BCUT2D eigenvalue weighted by Crippen LogP contribution is 2.48. The fourth-order valence-electron chi connectivity index (χ4n) is 3.78. The van der Waals surface area contributed by atoms with Crippen LogP contribution in [0.5, 0.6) is 0 Å². The second-order valence-corrected chi connectivity index (χ2v) is 9.31. The zero-order valence-corrected chi connectivity index (χ0v) is 13.9. The van der Waals surface area contributed by atoms with E-state index in [1.54, 1.807) is 12.1 Å². The molecule has 0 bridgehead atoms. The summed E-state index contributed by atoms with van der Waals surface area (Å²) in [5, 5.41) is 0.